The van der Waals surface area contributed by atoms with E-state index in [1.165, 1.54) is 0 Å². The fourth-order valence-corrected chi connectivity index (χ4v) is 2.94. The molecular formula is C17H22F3N3O7. The van der Waals surface area contributed by atoms with Crippen molar-refractivity contribution < 1.29 is 38.0 Å². The molecule has 5 atom stereocenters. The number of nitrogens with zero attached hydrogens (tertiary/aromatic N) is 1. The first-order valence-electron chi connectivity index (χ1n) is 8.85. The summed E-state index contributed by atoms with van der Waals surface area (Å²) in [5, 5.41) is 31.4. The van der Waals surface area contributed by atoms with E-state index in [4.69, 9.17) is 9.84 Å². The van der Waals surface area contributed by atoms with Gasteiger partial charge in [0, 0.05) is 6.20 Å². The summed E-state index contributed by atoms with van der Waals surface area (Å²) in [6, 6.07) is -2.14. The van der Waals surface area contributed by atoms with Gasteiger partial charge in [-0.2, -0.15) is 13.2 Å². The summed E-state index contributed by atoms with van der Waals surface area (Å²) in [6.45, 7) is 4.39. The first kappa shape index (κ1) is 24.0. The molecule has 0 amide bonds. The maximum Gasteiger partial charge on any atom is 0.452 e. The van der Waals surface area contributed by atoms with Crippen molar-refractivity contribution in [2.75, 3.05) is 13.2 Å². The van der Waals surface area contributed by atoms with Gasteiger partial charge in [0.05, 0.1) is 12.2 Å². The van der Waals surface area contributed by atoms with E-state index in [-0.39, 0.29) is 13.0 Å². The second kappa shape index (κ2) is 9.22. The third kappa shape index (κ3) is 5.05. The lowest BCUT2D eigenvalue weighted by atomic mass is 10.0. The van der Waals surface area contributed by atoms with Crippen LogP contribution in [0.15, 0.2) is 27.9 Å². The third-order valence-corrected chi connectivity index (χ3v) is 4.54. The molecule has 0 aromatic carbocycles. The zero-order chi connectivity index (χ0) is 22.8. The third-order valence-electron chi connectivity index (χ3n) is 4.54. The van der Waals surface area contributed by atoms with Crippen molar-refractivity contribution >= 4 is 5.78 Å². The Hall–Kier alpha value is -2.32. The predicted octanol–water partition coefficient (Wildman–Crippen LogP) is -1.12. The first-order valence-corrected chi connectivity index (χ1v) is 8.85. The van der Waals surface area contributed by atoms with Gasteiger partial charge >= 0.3 is 11.9 Å². The second-order valence-electron chi connectivity index (χ2n) is 6.94. The number of aromatic nitrogens is 2. The fourth-order valence-electron chi connectivity index (χ4n) is 2.94. The highest BCUT2D eigenvalue weighted by Crippen LogP contribution is 2.29. The van der Waals surface area contributed by atoms with Crippen molar-refractivity contribution in [3.63, 3.8) is 0 Å². The number of hydrogen-bond acceptors (Lipinski definition) is 8. The molecule has 5 N–H and O–H groups in total. The number of aromatic amines is 1. The monoisotopic (exact) mass is 437 g/mol. The summed E-state index contributed by atoms with van der Waals surface area (Å²) < 4.78 is 45.0. The van der Waals surface area contributed by atoms with Crippen molar-refractivity contribution in [2.45, 2.75) is 50.1 Å². The van der Waals surface area contributed by atoms with Gasteiger partial charge in [0.15, 0.2) is 6.23 Å². The van der Waals surface area contributed by atoms with Crippen LogP contribution in [0, 0.1) is 0 Å². The number of carbonyl (C=O) groups is 1. The molecule has 1 aromatic heterocycles. The van der Waals surface area contributed by atoms with Crippen molar-refractivity contribution in [1.29, 1.82) is 0 Å². The number of rotatable bonds is 8. The zero-order valence-electron chi connectivity index (χ0n) is 15.8. The van der Waals surface area contributed by atoms with Gasteiger partial charge < -0.3 is 25.4 Å². The van der Waals surface area contributed by atoms with E-state index in [2.05, 4.69) is 11.9 Å². The number of H-pyrrole nitrogens is 1. The Morgan fingerprint density at radius 1 is 1.37 bits per heavy atom. The molecule has 2 rings (SSSR count). The molecule has 2 heterocycles. The number of Topliss-reactive ketones (excluding diaryl/α,β-unsaturated/α-hetero) is 1. The minimum Gasteiger partial charge on any atom is -0.394 e. The van der Waals surface area contributed by atoms with E-state index in [1.54, 1.807) is 11.9 Å². The van der Waals surface area contributed by atoms with Gasteiger partial charge in [-0.3, -0.25) is 19.1 Å². The highest BCUT2D eigenvalue weighted by molar-refractivity contribution is 5.90. The largest absolute Gasteiger partial charge is 0.452 e. The molecule has 1 unspecified atom stereocenters. The molecule has 1 saturated heterocycles. The average Bonchev–Trinajstić information content (AvgIpc) is 2.93. The van der Waals surface area contributed by atoms with Crippen LogP contribution < -0.4 is 16.6 Å². The van der Waals surface area contributed by atoms with Crippen LogP contribution in [-0.2, 0) is 9.53 Å². The molecule has 1 aromatic rings. The number of hydrogen-bond donors (Lipinski definition) is 5. The fraction of sp³-hybridized carbons (Fsp3) is 0.588. The van der Waals surface area contributed by atoms with Crippen LogP contribution in [-0.4, -0.2) is 68.3 Å². The van der Waals surface area contributed by atoms with E-state index in [1.807, 2.05) is 0 Å². The molecule has 0 saturated carbocycles. The standard InChI is InChI=1S/C17H22F3N3O7/c1-7(2)3-4-21-10(13(27)17(18,19)20)8-5-23(16(29)22-14(8)28)15-12(26)11(25)9(6-24)30-15/h5,9-12,15,21,24-26H,1,3-4,6H2,2H3,(H,22,28,29)/t9-,10?,11-,12-,15-/m1/s1. The van der Waals surface area contributed by atoms with Crippen LogP contribution >= 0.6 is 0 Å². The Kier molecular flexibility index (Phi) is 7.36. The number of aliphatic hydroxyl groups excluding tert-OH is 3. The van der Waals surface area contributed by atoms with Crippen LogP contribution in [0.5, 0.6) is 0 Å². The molecule has 1 aliphatic rings. The lowest BCUT2D eigenvalue weighted by molar-refractivity contribution is -0.173. The maximum atomic E-state index is 13.1. The molecule has 0 spiro atoms. The smallest absolute Gasteiger partial charge is 0.394 e. The second-order valence-corrected chi connectivity index (χ2v) is 6.94. The van der Waals surface area contributed by atoms with Crippen molar-refractivity contribution in [1.82, 2.24) is 14.9 Å². The van der Waals surface area contributed by atoms with Crippen molar-refractivity contribution in [2.24, 2.45) is 0 Å². The van der Waals surface area contributed by atoms with Gasteiger partial charge in [0.25, 0.3) is 11.3 Å². The number of ketones is 1. The lowest BCUT2D eigenvalue weighted by Gasteiger charge is -2.22. The number of nitrogens with one attached hydrogen (secondary N) is 2. The van der Waals surface area contributed by atoms with Gasteiger partial charge in [-0.1, -0.05) is 5.57 Å². The zero-order valence-corrected chi connectivity index (χ0v) is 15.8. The number of aliphatic hydroxyl groups is 3. The molecular weight excluding hydrogens is 415 g/mol. The van der Waals surface area contributed by atoms with Crippen molar-refractivity contribution in [3.8, 4) is 0 Å². The van der Waals surface area contributed by atoms with Crippen LogP contribution in [0.2, 0.25) is 0 Å². The Bertz CT molecular complexity index is 911. The normalized spacial score (nSPS) is 25.3. The molecule has 168 valence electrons. The quantitative estimate of drug-likeness (QED) is 0.321. The van der Waals surface area contributed by atoms with Gasteiger partial charge in [-0.05, 0) is 19.9 Å². The summed E-state index contributed by atoms with van der Waals surface area (Å²) in [4.78, 5) is 38.1. The number of carbonyl (C=O) groups excluding carboxylic acids is 1. The van der Waals surface area contributed by atoms with E-state index >= 15 is 0 Å². The predicted molar refractivity (Wildman–Crippen MR) is 95.6 cm³/mol. The van der Waals surface area contributed by atoms with E-state index in [0.717, 1.165) is 0 Å². The lowest BCUT2D eigenvalue weighted by Crippen LogP contribution is -2.44. The highest BCUT2D eigenvalue weighted by atomic mass is 19.4. The Balaban J connectivity index is 2.50. The van der Waals surface area contributed by atoms with Crippen LogP contribution in [0.4, 0.5) is 13.2 Å². The maximum absolute atomic E-state index is 13.1. The summed E-state index contributed by atoms with van der Waals surface area (Å²) >= 11 is 0. The molecule has 0 bridgehead atoms. The van der Waals surface area contributed by atoms with Gasteiger partial charge in [0.1, 0.15) is 24.4 Å². The highest BCUT2D eigenvalue weighted by Gasteiger charge is 2.46. The van der Waals surface area contributed by atoms with E-state index < -0.39 is 66.0 Å². The number of halogens is 3. The van der Waals surface area contributed by atoms with Gasteiger partial charge in [0.2, 0.25) is 0 Å². The first-order chi connectivity index (χ1) is 13.9. The Labute approximate surface area is 167 Å². The van der Waals surface area contributed by atoms with E-state index in [0.29, 0.717) is 16.3 Å². The summed E-state index contributed by atoms with van der Waals surface area (Å²) in [6.07, 6.45) is -10.6. The van der Waals surface area contributed by atoms with Crippen LogP contribution in [0.1, 0.15) is 31.2 Å². The molecule has 1 fully saturated rings. The SMILES string of the molecule is C=C(C)CCNC(C(=O)C(F)(F)F)c1cn([C@@H]2O[C@H](CO)[C@@H](O)[C@H]2O)c(=O)[nH]c1=O. The molecule has 10 nitrogen and oxygen atoms in total. The van der Waals surface area contributed by atoms with E-state index in [9.17, 15) is 37.8 Å². The summed E-state index contributed by atoms with van der Waals surface area (Å²) in [7, 11) is 0. The Morgan fingerprint density at radius 3 is 2.50 bits per heavy atom. The van der Waals surface area contributed by atoms with Crippen LogP contribution in [0.3, 0.4) is 0 Å². The minimum atomic E-state index is -5.28. The summed E-state index contributed by atoms with van der Waals surface area (Å²) in [5.74, 6) is -2.26. The minimum absolute atomic E-state index is 0.117. The van der Waals surface area contributed by atoms with Gasteiger partial charge in [-0.15, -0.1) is 6.58 Å². The molecule has 0 aliphatic carbocycles. The molecule has 0 radical (unpaired) electrons. The number of ether oxygens (including phenoxy) is 1. The van der Waals surface area contributed by atoms with Crippen molar-refractivity contribution in [3.05, 3.63) is 44.8 Å². The molecule has 13 heteroatoms. The summed E-state index contributed by atoms with van der Waals surface area (Å²) in [5.41, 5.74) is -2.52. The molecule has 1 aliphatic heterocycles. The van der Waals surface area contributed by atoms with Crippen LogP contribution in [0.25, 0.3) is 0 Å². The number of alkyl halides is 3. The van der Waals surface area contributed by atoms with Gasteiger partial charge in [-0.25, -0.2) is 4.79 Å². The Morgan fingerprint density at radius 2 is 2.00 bits per heavy atom. The average molecular weight is 437 g/mol. The topological polar surface area (TPSA) is 154 Å². The molecule has 30 heavy (non-hydrogen) atoms.